The lowest BCUT2D eigenvalue weighted by Gasteiger charge is -2.00. The van der Waals surface area contributed by atoms with Gasteiger partial charge in [0.25, 0.3) is 0 Å². The summed E-state index contributed by atoms with van der Waals surface area (Å²) in [6, 6.07) is 3.38. The summed E-state index contributed by atoms with van der Waals surface area (Å²) in [6.07, 6.45) is 0. The van der Waals surface area contributed by atoms with Crippen molar-refractivity contribution in [3.05, 3.63) is 28.6 Å². The van der Waals surface area contributed by atoms with Gasteiger partial charge in [-0.3, -0.25) is 0 Å². The predicted molar refractivity (Wildman–Crippen MR) is 78.8 cm³/mol. The van der Waals surface area contributed by atoms with Crippen LogP contribution in [0.25, 0.3) is 21.1 Å². The van der Waals surface area contributed by atoms with E-state index in [1.54, 1.807) is 26.0 Å². The summed E-state index contributed by atoms with van der Waals surface area (Å²) in [5.74, 6) is -0.199. The van der Waals surface area contributed by atoms with Gasteiger partial charge in [0.2, 0.25) is 0 Å². The molecule has 2 aromatic heterocycles. The Kier molecular flexibility index (Phi) is 3.33. The number of rotatable bonds is 3. The zero-order chi connectivity index (χ0) is 15.1. The molecular weight excluding hydrogens is 295 g/mol. The normalized spacial score (nSPS) is 11.2. The zero-order valence-corrected chi connectivity index (χ0v) is 12.6. The number of ether oxygens (including phenoxy) is 2. The molecule has 0 saturated heterocycles. The summed E-state index contributed by atoms with van der Waals surface area (Å²) in [6.45, 7) is 3.59. The van der Waals surface area contributed by atoms with Crippen LogP contribution < -0.4 is 4.74 Å². The molecule has 0 aliphatic rings. The van der Waals surface area contributed by atoms with Gasteiger partial charge in [-0.15, -0.1) is 11.3 Å². The number of hydrogen-bond donors (Lipinski definition) is 0. The highest BCUT2D eigenvalue weighted by molar-refractivity contribution is 7.21. The summed E-state index contributed by atoms with van der Waals surface area (Å²) < 4.78 is 30.7. The molecule has 0 spiro atoms. The largest absolute Gasteiger partial charge is 0.493 e. The Balaban J connectivity index is 2.34. The lowest BCUT2D eigenvalue weighted by Crippen LogP contribution is -2.01. The van der Waals surface area contributed by atoms with E-state index in [2.05, 4.69) is 0 Å². The van der Waals surface area contributed by atoms with E-state index >= 15 is 0 Å². The van der Waals surface area contributed by atoms with Gasteiger partial charge in [0.05, 0.1) is 19.1 Å². The van der Waals surface area contributed by atoms with Crippen LogP contribution >= 0.6 is 11.3 Å². The molecule has 0 fully saturated rings. The minimum absolute atomic E-state index is 0.194. The van der Waals surface area contributed by atoms with E-state index in [9.17, 15) is 9.18 Å². The van der Waals surface area contributed by atoms with Crippen LogP contribution in [0.4, 0.5) is 4.39 Å². The molecular formula is C15H13FO4S. The van der Waals surface area contributed by atoms with Crippen LogP contribution in [-0.4, -0.2) is 19.7 Å². The van der Waals surface area contributed by atoms with Crippen molar-refractivity contribution in [1.29, 1.82) is 0 Å². The van der Waals surface area contributed by atoms with E-state index in [0.29, 0.717) is 33.6 Å². The second-order valence-corrected chi connectivity index (χ2v) is 5.58. The van der Waals surface area contributed by atoms with Gasteiger partial charge in [0.15, 0.2) is 17.1 Å². The number of aryl methyl sites for hydroxylation is 1. The molecule has 0 bridgehead atoms. The van der Waals surface area contributed by atoms with Gasteiger partial charge in [-0.1, -0.05) is 0 Å². The van der Waals surface area contributed by atoms with Gasteiger partial charge < -0.3 is 13.9 Å². The van der Waals surface area contributed by atoms with E-state index < -0.39 is 11.8 Å². The third-order valence-corrected chi connectivity index (χ3v) is 4.29. The number of fused-ring (bicyclic) bond motifs is 3. The molecule has 3 rings (SSSR count). The third kappa shape index (κ3) is 2.06. The van der Waals surface area contributed by atoms with Gasteiger partial charge in [-0.05, 0) is 19.9 Å². The zero-order valence-electron chi connectivity index (χ0n) is 11.8. The first kappa shape index (κ1) is 13.9. The lowest BCUT2D eigenvalue weighted by molar-refractivity contribution is 0.0532. The van der Waals surface area contributed by atoms with Crippen molar-refractivity contribution >= 4 is 38.4 Å². The number of furan rings is 1. The fourth-order valence-electron chi connectivity index (χ4n) is 2.29. The van der Waals surface area contributed by atoms with E-state index in [-0.39, 0.29) is 5.76 Å². The molecule has 0 N–H and O–H groups in total. The first-order valence-corrected chi connectivity index (χ1v) is 7.24. The first-order chi connectivity index (χ1) is 10.1. The Labute approximate surface area is 124 Å². The highest BCUT2D eigenvalue weighted by Crippen LogP contribution is 2.41. The predicted octanol–water partition coefficient (Wildman–Crippen LogP) is 4.28. The second kappa shape index (κ2) is 5.04. The average molecular weight is 308 g/mol. The summed E-state index contributed by atoms with van der Waals surface area (Å²) in [7, 11) is 1.50. The van der Waals surface area contributed by atoms with Gasteiger partial charge >= 0.3 is 5.97 Å². The standard InChI is InChI=1S/C15H13FO4S/c1-4-19-15(17)11-5-8-10(21-11)6-9(18-3)14-12(8)13(16)7(2)20-14/h5-6H,4H2,1-3H3. The quantitative estimate of drug-likeness (QED) is 0.678. The molecule has 1 aromatic carbocycles. The molecule has 3 aromatic rings. The summed E-state index contributed by atoms with van der Waals surface area (Å²) in [4.78, 5) is 12.3. The monoisotopic (exact) mass is 308 g/mol. The maximum absolute atomic E-state index is 14.3. The van der Waals surface area contributed by atoms with E-state index in [1.807, 2.05) is 0 Å². The molecule has 110 valence electrons. The molecule has 4 nitrogen and oxygen atoms in total. The van der Waals surface area contributed by atoms with E-state index in [1.165, 1.54) is 18.4 Å². The Morgan fingerprint density at radius 2 is 2.19 bits per heavy atom. The SMILES string of the molecule is CCOC(=O)c1cc2c(cc(OC)c3oc(C)c(F)c32)s1. The van der Waals surface area contributed by atoms with Crippen LogP contribution in [0.5, 0.6) is 5.75 Å². The fraction of sp³-hybridized carbons (Fsp3) is 0.267. The number of carbonyl (C=O) groups excluding carboxylic acids is 1. The Bertz CT molecular complexity index is 846. The molecule has 2 heterocycles. The van der Waals surface area contributed by atoms with Crippen molar-refractivity contribution in [3.8, 4) is 5.75 Å². The number of esters is 1. The topological polar surface area (TPSA) is 48.7 Å². The lowest BCUT2D eigenvalue weighted by atomic mass is 10.1. The maximum Gasteiger partial charge on any atom is 0.348 e. The smallest absolute Gasteiger partial charge is 0.348 e. The van der Waals surface area contributed by atoms with Crippen molar-refractivity contribution in [3.63, 3.8) is 0 Å². The van der Waals surface area contributed by atoms with Gasteiger partial charge in [-0.2, -0.15) is 0 Å². The van der Waals surface area contributed by atoms with Crippen molar-refractivity contribution in [1.82, 2.24) is 0 Å². The first-order valence-electron chi connectivity index (χ1n) is 6.43. The molecule has 0 saturated carbocycles. The number of hydrogen-bond acceptors (Lipinski definition) is 5. The van der Waals surface area contributed by atoms with E-state index in [4.69, 9.17) is 13.9 Å². The van der Waals surface area contributed by atoms with Gasteiger partial charge in [0.1, 0.15) is 10.6 Å². The third-order valence-electron chi connectivity index (χ3n) is 3.22. The molecule has 0 amide bonds. The minimum atomic E-state index is -0.429. The number of thiophene rings is 1. The van der Waals surface area contributed by atoms with Crippen LogP contribution in [0.1, 0.15) is 22.4 Å². The summed E-state index contributed by atoms with van der Waals surface area (Å²) >= 11 is 1.24. The number of halogens is 1. The molecule has 21 heavy (non-hydrogen) atoms. The highest BCUT2D eigenvalue weighted by Gasteiger charge is 2.21. The fourth-order valence-corrected chi connectivity index (χ4v) is 3.28. The molecule has 0 atom stereocenters. The molecule has 0 radical (unpaired) electrons. The molecule has 0 aliphatic carbocycles. The Morgan fingerprint density at radius 3 is 2.86 bits per heavy atom. The second-order valence-electron chi connectivity index (χ2n) is 4.50. The molecule has 6 heteroatoms. The molecule has 0 unspecified atom stereocenters. The Morgan fingerprint density at radius 1 is 1.43 bits per heavy atom. The number of benzene rings is 1. The van der Waals surface area contributed by atoms with Gasteiger partial charge in [-0.25, -0.2) is 9.18 Å². The van der Waals surface area contributed by atoms with Crippen LogP contribution in [0.3, 0.4) is 0 Å². The summed E-state index contributed by atoms with van der Waals surface area (Å²) in [5, 5.41) is 0.974. The van der Waals surface area contributed by atoms with Crippen molar-refractivity contribution in [2.75, 3.05) is 13.7 Å². The maximum atomic E-state index is 14.3. The average Bonchev–Trinajstić information content (AvgIpc) is 3.00. The number of carbonyl (C=O) groups is 1. The van der Waals surface area contributed by atoms with Crippen molar-refractivity contribution in [2.24, 2.45) is 0 Å². The van der Waals surface area contributed by atoms with Crippen LogP contribution in [-0.2, 0) is 4.74 Å². The van der Waals surface area contributed by atoms with E-state index in [0.717, 1.165) is 4.70 Å². The van der Waals surface area contributed by atoms with Crippen molar-refractivity contribution in [2.45, 2.75) is 13.8 Å². The van der Waals surface area contributed by atoms with Crippen LogP contribution in [0.2, 0.25) is 0 Å². The minimum Gasteiger partial charge on any atom is -0.493 e. The van der Waals surface area contributed by atoms with Crippen LogP contribution in [0.15, 0.2) is 16.5 Å². The van der Waals surface area contributed by atoms with Gasteiger partial charge in [0, 0.05) is 16.2 Å². The number of methoxy groups -OCH3 is 1. The van der Waals surface area contributed by atoms with Crippen molar-refractivity contribution < 1.29 is 23.1 Å². The molecule has 0 aliphatic heterocycles. The van der Waals surface area contributed by atoms with Crippen LogP contribution in [0, 0.1) is 12.7 Å². The highest BCUT2D eigenvalue weighted by atomic mass is 32.1. The Hall–Kier alpha value is -2.08. The summed E-state index contributed by atoms with van der Waals surface area (Å²) in [5.41, 5.74) is 0.355.